The van der Waals surface area contributed by atoms with E-state index < -0.39 is 10.8 Å². The van der Waals surface area contributed by atoms with Gasteiger partial charge in [0.05, 0.1) is 5.25 Å². The smallest absolute Gasteiger partial charge is 0.217 e. The number of carbonyl (C=O) groups is 1. The van der Waals surface area contributed by atoms with E-state index in [1.54, 1.807) is 11.3 Å². The average Bonchev–Trinajstić information content (AvgIpc) is 2.99. The van der Waals surface area contributed by atoms with Gasteiger partial charge in [-0.2, -0.15) is 11.3 Å². The largest absolute Gasteiger partial charge is 0.370 e. The number of nitrogens with two attached hydrogens (primary N) is 1. The van der Waals surface area contributed by atoms with Gasteiger partial charge in [-0.15, -0.1) is 0 Å². The Bertz CT molecular complexity index is 582. The zero-order valence-corrected chi connectivity index (χ0v) is 13.4. The monoisotopic (exact) mass is 321 g/mol. The van der Waals surface area contributed by atoms with Crippen LogP contribution in [-0.2, 0) is 15.6 Å². The zero-order chi connectivity index (χ0) is 15.1. The Kier molecular flexibility index (Phi) is 6.14. The van der Waals surface area contributed by atoms with E-state index in [0.29, 0.717) is 18.6 Å². The topological polar surface area (TPSA) is 60.2 Å². The highest BCUT2D eigenvalue weighted by atomic mass is 32.2. The van der Waals surface area contributed by atoms with Gasteiger partial charge in [0.2, 0.25) is 5.91 Å². The molecule has 0 saturated carbocycles. The second-order valence-electron chi connectivity index (χ2n) is 4.86. The van der Waals surface area contributed by atoms with Gasteiger partial charge in [-0.3, -0.25) is 9.00 Å². The number of hydrogen-bond donors (Lipinski definition) is 1. The summed E-state index contributed by atoms with van der Waals surface area (Å²) < 4.78 is 12.7. The lowest BCUT2D eigenvalue weighted by Crippen LogP contribution is -2.13. The Labute approximate surface area is 131 Å². The van der Waals surface area contributed by atoms with Crippen molar-refractivity contribution in [1.82, 2.24) is 0 Å². The highest BCUT2D eigenvalue weighted by molar-refractivity contribution is 7.85. The van der Waals surface area contributed by atoms with Crippen LogP contribution < -0.4 is 5.73 Å². The summed E-state index contributed by atoms with van der Waals surface area (Å²) in [5, 5.41) is 3.97. The fourth-order valence-electron chi connectivity index (χ4n) is 2.21. The second-order valence-corrected chi connectivity index (χ2v) is 7.28. The van der Waals surface area contributed by atoms with E-state index in [-0.39, 0.29) is 11.2 Å². The van der Waals surface area contributed by atoms with Crippen LogP contribution in [0.5, 0.6) is 0 Å². The third-order valence-electron chi connectivity index (χ3n) is 3.23. The molecule has 0 fully saturated rings. The van der Waals surface area contributed by atoms with Crippen molar-refractivity contribution in [1.29, 1.82) is 0 Å². The van der Waals surface area contributed by atoms with Crippen LogP contribution in [0.15, 0.2) is 47.2 Å². The van der Waals surface area contributed by atoms with Crippen molar-refractivity contribution >= 4 is 28.0 Å². The fourth-order valence-corrected chi connectivity index (χ4v) is 4.62. The molecule has 2 aromatic rings. The van der Waals surface area contributed by atoms with Crippen molar-refractivity contribution in [3.63, 3.8) is 0 Å². The Morgan fingerprint density at radius 1 is 1.14 bits per heavy atom. The lowest BCUT2D eigenvalue weighted by Gasteiger charge is -2.16. The van der Waals surface area contributed by atoms with Crippen LogP contribution in [0.4, 0.5) is 0 Å². The zero-order valence-electron chi connectivity index (χ0n) is 11.7. The minimum atomic E-state index is -0.998. The maximum Gasteiger partial charge on any atom is 0.217 e. The van der Waals surface area contributed by atoms with Crippen LogP contribution in [0.1, 0.15) is 35.6 Å². The van der Waals surface area contributed by atoms with Gasteiger partial charge in [-0.25, -0.2) is 0 Å². The molecule has 0 saturated heterocycles. The molecular weight excluding hydrogens is 302 g/mol. The summed E-state index contributed by atoms with van der Waals surface area (Å²) >= 11 is 1.62. The van der Waals surface area contributed by atoms with Crippen molar-refractivity contribution in [2.24, 2.45) is 5.73 Å². The first-order valence-electron chi connectivity index (χ1n) is 6.91. The third-order valence-corrected chi connectivity index (χ3v) is 5.69. The van der Waals surface area contributed by atoms with E-state index in [1.165, 1.54) is 0 Å². The molecular formula is C16H19NO2S2. The van der Waals surface area contributed by atoms with Crippen molar-refractivity contribution in [2.45, 2.75) is 24.5 Å². The van der Waals surface area contributed by atoms with Gasteiger partial charge < -0.3 is 5.73 Å². The molecule has 112 valence electrons. The van der Waals surface area contributed by atoms with Gasteiger partial charge in [0, 0.05) is 23.0 Å². The maximum atomic E-state index is 12.7. The first-order chi connectivity index (χ1) is 10.2. The first kappa shape index (κ1) is 15.9. The van der Waals surface area contributed by atoms with Gasteiger partial charge in [0.25, 0.3) is 0 Å². The molecule has 0 bridgehead atoms. The summed E-state index contributed by atoms with van der Waals surface area (Å²) in [7, 11) is -0.998. The molecule has 5 heteroatoms. The molecule has 1 aromatic carbocycles. The van der Waals surface area contributed by atoms with Crippen molar-refractivity contribution < 1.29 is 9.00 Å². The number of primary amides is 1. The van der Waals surface area contributed by atoms with E-state index in [2.05, 4.69) is 5.38 Å². The van der Waals surface area contributed by atoms with Gasteiger partial charge in [0.1, 0.15) is 0 Å². The first-order valence-corrected chi connectivity index (χ1v) is 9.23. The number of hydrogen-bond acceptors (Lipinski definition) is 3. The molecule has 0 radical (unpaired) electrons. The van der Waals surface area contributed by atoms with E-state index in [4.69, 9.17) is 5.73 Å². The standard InChI is InChI=1S/C16H19NO2S2/c17-15(18)8-4-5-11-21(19)16(14-9-10-20-12-14)13-6-2-1-3-7-13/h1-3,6-7,9-10,12,16H,4-5,8,11H2,(H2,17,18). The number of benzene rings is 1. The van der Waals surface area contributed by atoms with Crippen LogP contribution in [0.2, 0.25) is 0 Å². The molecule has 3 nitrogen and oxygen atoms in total. The molecule has 0 aliphatic carbocycles. The van der Waals surface area contributed by atoms with Crippen LogP contribution in [0.25, 0.3) is 0 Å². The summed E-state index contributed by atoms with van der Waals surface area (Å²) in [6, 6.07) is 12.0. The van der Waals surface area contributed by atoms with Crippen molar-refractivity contribution in [2.75, 3.05) is 5.75 Å². The molecule has 2 N–H and O–H groups in total. The van der Waals surface area contributed by atoms with Gasteiger partial charge in [-0.05, 0) is 40.8 Å². The van der Waals surface area contributed by atoms with Crippen LogP contribution in [-0.4, -0.2) is 15.9 Å². The third kappa shape index (κ3) is 4.79. The Hall–Kier alpha value is -1.46. The summed E-state index contributed by atoms with van der Waals surface area (Å²) in [5.41, 5.74) is 7.29. The SMILES string of the molecule is NC(=O)CCCCS(=O)C(c1ccccc1)c1ccsc1. The quantitative estimate of drug-likeness (QED) is 0.759. The minimum Gasteiger partial charge on any atom is -0.370 e. The minimum absolute atomic E-state index is 0.0916. The van der Waals surface area contributed by atoms with Gasteiger partial charge >= 0.3 is 0 Å². The van der Waals surface area contributed by atoms with E-state index in [9.17, 15) is 9.00 Å². The molecule has 2 atom stereocenters. The Morgan fingerprint density at radius 2 is 1.90 bits per heavy atom. The number of unbranched alkanes of at least 4 members (excludes halogenated alkanes) is 1. The molecule has 2 unspecified atom stereocenters. The van der Waals surface area contributed by atoms with E-state index in [1.807, 2.05) is 41.8 Å². The average molecular weight is 321 g/mol. The highest BCUT2D eigenvalue weighted by Crippen LogP contribution is 2.30. The molecule has 1 heterocycles. The lowest BCUT2D eigenvalue weighted by atomic mass is 10.1. The highest BCUT2D eigenvalue weighted by Gasteiger charge is 2.21. The number of thiophene rings is 1. The Balaban J connectivity index is 2.06. The molecule has 1 amide bonds. The molecule has 0 aliphatic rings. The van der Waals surface area contributed by atoms with Crippen molar-refractivity contribution in [3.05, 3.63) is 58.3 Å². The maximum absolute atomic E-state index is 12.7. The lowest BCUT2D eigenvalue weighted by molar-refractivity contribution is -0.118. The number of amides is 1. The fraction of sp³-hybridized carbons (Fsp3) is 0.312. The van der Waals surface area contributed by atoms with Crippen LogP contribution >= 0.6 is 11.3 Å². The molecule has 21 heavy (non-hydrogen) atoms. The number of rotatable bonds is 8. The molecule has 1 aromatic heterocycles. The van der Waals surface area contributed by atoms with Gasteiger partial charge in [0.15, 0.2) is 0 Å². The summed E-state index contributed by atoms with van der Waals surface area (Å²) in [6.45, 7) is 0. The van der Waals surface area contributed by atoms with Gasteiger partial charge in [-0.1, -0.05) is 30.3 Å². The van der Waals surface area contributed by atoms with E-state index in [0.717, 1.165) is 17.5 Å². The summed E-state index contributed by atoms with van der Waals surface area (Å²) in [6.07, 6.45) is 1.82. The molecule has 0 aliphatic heterocycles. The van der Waals surface area contributed by atoms with Crippen LogP contribution in [0.3, 0.4) is 0 Å². The Morgan fingerprint density at radius 3 is 2.52 bits per heavy atom. The number of carbonyl (C=O) groups excluding carboxylic acids is 1. The molecule has 2 rings (SSSR count). The predicted octanol–water partition coefficient (Wildman–Crippen LogP) is 3.24. The predicted molar refractivity (Wildman–Crippen MR) is 88.7 cm³/mol. The summed E-state index contributed by atoms with van der Waals surface area (Å²) in [5.74, 6) is 0.293. The van der Waals surface area contributed by atoms with Crippen molar-refractivity contribution in [3.8, 4) is 0 Å². The normalized spacial score (nSPS) is 13.7. The second kappa shape index (κ2) is 8.10. The van der Waals surface area contributed by atoms with E-state index >= 15 is 0 Å². The molecule has 0 spiro atoms. The summed E-state index contributed by atoms with van der Waals surface area (Å²) in [4.78, 5) is 10.7. The van der Waals surface area contributed by atoms with Crippen LogP contribution in [0, 0.1) is 0 Å².